The SMILES string of the molecule is Cc1nc2ncnc(Nc3cnn(C)c3)c2[nH]1. The van der Waals surface area contributed by atoms with Crippen LogP contribution in [0.15, 0.2) is 18.7 Å². The molecule has 7 nitrogen and oxygen atoms in total. The summed E-state index contributed by atoms with van der Waals surface area (Å²) in [6.45, 7) is 1.88. The number of fused-ring (bicyclic) bond motifs is 1. The third-order valence-corrected chi connectivity index (χ3v) is 2.37. The molecule has 0 aromatic carbocycles. The summed E-state index contributed by atoms with van der Waals surface area (Å²) < 4.78 is 1.72. The van der Waals surface area contributed by atoms with Crippen molar-refractivity contribution < 1.29 is 0 Å². The predicted molar refractivity (Wildman–Crippen MR) is 62.9 cm³/mol. The highest BCUT2D eigenvalue weighted by Crippen LogP contribution is 2.20. The van der Waals surface area contributed by atoms with E-state index in [-0.39, 0.29) is 0 Å². The molecule has 0 bridgehead atoms. The van der Waals surface area contributed by atoms with E-state index in [4.69, 9.17) is 0 Å². The molecule has 86 valence electrons. The number of hydrogen-bond donors (Lipinski definition) is 2. The Kier molecular flexibility index (Phi) is 2.04. The summed E-state index contributed by atoms with van der Waals surface area (Å²) in [6.07, 6.45) is 5.09. The molecule has 3 aromatic rings. The zero-order chi connectivity index (χ0) is 11.8. The van der Waals surface area contributed by atoms with E-state index in [0.717, 1.165) is 17.0 Å². The molecule has 0 aliphatic carbocycles. The van der Waals surface area contributed by atoms with Crippen molar-refractivity contribution in [1.29, 1.82) is 0 Å². The Labute approximate surface area is 96.9 Å². The van der Waals surface area contributed by atoms with Crippen LogP contribution in [0.25, 0.3) is 11.2 Å². The molecule has 0 spiro atoms. The minimum absolute atomic E-state index is 0.656. The van der Waals surface area contributed by atoms with Crippen molar-refractivity contribution in [3.05, 3.63) is 24.5 Å². The Hall–Kier alpha value is -2.44. The van der Waals surface area contributed by atoms with Gasteiger partial charge in [0, 0.05) is 13.2 Å². The van der Waals surface area contributed by atoms with Gasteiger partial charge in [0.25, 0.3) is 0 Å². The third-order valence-electron chi connectivity index (χ3n) is 2.37. The lowest BCUT2D eigenvalue weighted by Gasteiger charge is -2.01. The largest absolute Gasteiger partial charge is 0.338 e. The molecule has 17 heavy (non-hydrogen) atoms. The molecule has 0 atom stereocenters. The van der Waals surface area contributed by atoms with Gasteiger partial charge in [0.1, 0.15) is 17.7 Å². The first kappa shape index (κ1) is 9.76. The van der Waals surface area contributed by atoms with E-state index in [9.17, 15) is 0 Å². The molecule has 7 heteroatoms. The Balaban J connectivity index is 2.05. The Bertz CT molecular complexity index is 666. The van der Waals surface area contributed by atoms with E-state index in [0.29, 0.717) is 11.5 Å². The number of rotatable bonds is 2. The second-order valence-corrected chi connectivity index (χ2v) is 3.77. The highest BCUT2D eigenvalue weighted by molar-refractivity contribution is 5.84. The number of aryl methyl sites for hydroxylation is 2. The molecule has 0 saturated heterocycles. The van der Waals surface area contributed by atoms with E-state index >= 15 is 0 Å². The molecular weight excluding hydrogens is 218 g/mol. The van der Waals surface area contributed by atoms with Crippen LogP contribution < -0.4 is 5.32 Å². The number of nitrogens with one attached hydrogen (secondary N) is 2. The van der Waals surface area contributed by atoms with Crippen LogP contribution in [0.3, 0.4) is 0 Å². The monoisotopic (exact) mass is 229 g/mol. The third kappa shape index (κ3) is 1.71. The number of hydrogen-bond acceptors (Lipinski definition) is 5. The number of aromatic nitrogens is 6. The van der Waals surface area contributed by atoms with Crippen LogP contribution in [0.2, 0.25) is 0 Å². The quantitative estimate of drug-likeness (QED) is 0.688. The fourth-order valence-corrected chi connectivity index (χ4v) is 1.66. The van der Waals surface area contributed by atoms with Crippen LogP contribution in [-0.4, -0.2) is 29.7 Å². The van der Waals surface area contributed by atoms with Gasteiger partial charge in [-0.3, -0.25) is 4.68 Å². The Morgan fingerprint density at radius 2 is 2.24 bits per heavy atom. The van der Waals surface area contributed by atoms with Crippen LogP contribution in [0.5, 0.6) is 0 Å². The number of imidazole rings is 1. The summed E-state index contributed by atoms with van der Waals surface area (Å²) in [5, 5.41) is 7.26. The van der Waals surface area contributed by atoms with Gasteiger partial charge in [0.2, 0.25) is 0 Å². The lowest BCUT2D eigenvalue weighted by atomic mass is 10.4. The number of nitrogens with zero attached hydrogens (tertiary/aromatic N) is 5. The Morgan fingerprint density at radius 3 is 3.00 bits per heavy atom. The first-order valence-corrected chi connectivity index (χ1v) is 5.15. The maximum Gasteiger partial charge on any atom is 0.183 e. The summed E-state index contributed by atoms with van der Waals surface area (Å²) in [5.74, 6) is 1.51. The van der Waals surface area contributed by atoms with Gasteiger partial charge in [-0.05, 0) is 6.92 Å². The normalized spacial score (nSPS) is 10.9. The van der Waals surface area contributed by atoms with Gasteiger partial charge >= 0.3 is 0 Å². The van der Waals surface area contributed by atoms with E-state index in [1.54, 1.807) is 10.9 Å². The number of aromatic amines is 1. The summed E-state index contributed by atoms with van der Waals surface area (Å²) >= 11 is 0. The van der Waals surface area contributed by atoms with Gasteiger partial charge in [-0.15, -0.1) is 0 Å². The second-order valence-electron chi connectivity index (χ2n) is 3.77. The standard InChI is InChI=1S/C10H11N7/c1-6-14-8-9(15-6)11-5-12-10(8)16-7-3-13-17(2)4-7/h3-5H,1-2H3,(H2,11,12,14,15,16). The van der Waals surface area contributed by atoms with E-state index in [1.807, 2.05) is 20.2 Å². The van der Waals surface area contributed by atoms with Gasteiger partial charge in [-0.25, -0.2) is 15.0 Å². The number of H-pyrrole nitrogens is 1. The first-order chi connectivity index (χ1) is 8.22. The molecule has 0 radical (unpaired) electrons. The van der Waals surface area contributed by atoms with E-state index < -0.39 is 0 Å². The maximum atomic E-state index is 4.25. The van der Waals surface area contributed by atoms with Crippen LogP contribution in [-0.2, 0) is 7.05 Å². The maximum absolute atomic E-state index is 4.25. The molecule has 0 aliphatic rings. The highest BCUT2D eigenvalue weighted by atomic mass is 15.3. The second kappa shape index (κ2) is 3.55. The molecule has 2 N–H and O–H groups in total. The van der Waals surface area contributed by atoms with Crippen molar-refractivity contribution >= 4 is 22.7 Å². The molecule has 3 heterocycles. The van der Waals surface area contributed by atoms with Gasteiger partial charge in [-0.1, -0.05) is 0 Å². The minimum atomic E-state index is 0.656. The molecule has 3 rings (SSSR count). The van der Waals surface area contributed by atoms with Crippen molar-refractivity contribution in [1.82, 2.24) is 29.7 Å². The molecule has 0 saturated carbocycles. The Morgan fingerprint density at radius 1 is 1.35 bits per heavy atom. The average Bonchev–Trinajstić information content (AvgIpc) is 2.84. The zero-order valence-electron chi connectivity index (χ0n) is 9.47. The molecule has 3 aromatic heterocycles. The highest BCUT2D eigenvalue weighted by Gasteiger charge is 2.08. The summed E-state index contributed by atoms with van der Waals surface area (Å²) in [6, 6.07) is 0. The van der Waals surface area contributed by atoms with Gasteiger partial charge in [0.15, 0.2) is 11.5 Å². The van der Waals surface area contributed by atoms with Crippen LogP contribution in [0.4, 0.5) is 11.5 Å². The van der Waals surface area contributed by atoms with Crippen molar-refractivity contribution in [2.75, 3.05) is 5.32 Å². The average molecular weight is 229 g/mol. The van der Waals surface area contributed by atoms with E-state index in [1.165, 1.54) is 6.33 Å². The summed E-state index contributed by atoms with van der Waals surface area (Å²) in [5.41, 5.74) is 2.33. The first-order valence-electron chi connectivity index (χ1n) is 5.15. The van der Waals surface area contributed by atoms with Gasteiger partial charge in [0.05, 0.1) is 11.9 Å². The lowest BCUT2D eigenvalue weighted by Crippen LogP contribution is -1.94. The minimum Gasteiger partial charge on any atom is -0.338 e. The molecule has 0 unspecified atom stereocenters. The van der Waals surface area contributed by atoms with Gasteiger partial charge in [-0.2, -0.15) is 5.10 Å². The molecule has 0 aliphatic heterocycles. The van der Waals surface area contributed by atoms with Crippen LogP contribution in [0.1, 0.15) is 5.82 Å². The summed E-state index contributed by atoms with van der Waals surface area (Å²) in [7, 11) is 1.86. The molecule has 0 amide bonds. The predicted octanol–water partition coefficient (Wildman–Crippen LogP) is 1.14. The van der Waals surface area contributed by atoms with E-state index in [2.05, 4.69) is 30.4 Å². The smallest absolute Gasteiger partial charge is 0.183 e. The van der Waals surface area contributed by atoms with Crippen LogP contribution in [0, 0.1) is 6.92 Å². The van der Waals surface area contributed by atoms with Gasteiger partial charge < -0.3 is 10.3 Å². The lowest BCUT2D eigenvalue weighted by molar-refractivity contribution is 0.768. The fraction of sp³-hybridized carbons (Fsp3) is 0.200. The summed E-state index contributed by atoms with van der Waals surface area (Å²) in [4.78, 5) is 15.7. The van der Waals surface area contributed by atoms with Crippen LogP contribution >= 0.6 is 0 Å². The van der Waals surface area contributed by atoms with Crippen molar-refractivity contribution in [2.24, 2.45) is 7.05 Å². The van der Waals surface area contributed by atoms with Crippen molar-refractivity contribution in [3.8, 4) is 0 Å². The van der Waals surface area contributed by atoms with Crippen molar-refractivity contribution in [2.45, 2.75) is 6.92 Å². The zero-order valence-corrected chi connectivity index (χ0v) is 9.47. The number of anilines is 2. The van der Waals surface area contributed by atoms with Crippen molar-refractivity contribution in [3.63, 3.8) is 0 Å². The fourth-order valence-electron chi connectivity index (χ4n) is 1.66. The topological polar surface area (TPSA) is 84.3 Å². The molecular formula is C10H11N7. The molecule has 0 fully saturated rings.